The van der Waals surface area contributed by atoms with Gasteiger partial charge in [-0.15, -0.1) is 0 Å². The first-order valence-electron chi connectivity index (χ1n) is 11.6. The molecule has 206 valence electrons. The number of nitrogens with zero attached hydrogens (tertiary/aromatic N) is 6. The van der Waals surface area contributed by atoms with E-state index in [1.165, 1.54) is 22.7 Å². The molecule has 1 fully saturated rings. The molecule has 1 aliphatic rings. The van der Waals surface area contributed by atoms with Crippen LogP contribution in [0, 0.1) is 20.2 Å². The number of rotatable bonds is 9. The summed E-state index contributed by atoms with van der Waals surface area (Å²) < 4.78 is 35.6. The van der Waals surface area contributed by atoms with Crippen LogP contribution in [0.15, 0.2) is 68.8 Å². The fourth-order valence-electron chi connectivity index (χ4n) is 3.97. The van der Waals surface area contributed by atoms with E-state index in [1.54, 1.807) is 50.0 Å². The highest BCUT2D eigenvalue weighted by Crippen LogP contribution is 2.34. The average molecular weight is 576 g/mol. The molecule has 0 aliphatic carbocycles. The van der Waals surface area contributed by atoms with Crippen molar-refractivity contribution < 1.29 is 23.0 Å². The number of hydrogen-bond donors (Lipinski definition) is 1. The molecule has 3 aromatic rings. The van der Waals surface area contributed by atoms with E-state index < -0.39 is 25.6 Å². The Morgan fingerprint density at radius 1 is 1.13 bits per heavy atom. The Bertz CT molecular complexity index is 1530. The third-order valence-electron chi connectivity index (χ3n) is 5.74. The number of sulfonamides is 1. The second kappa shape index (κ2) is 11.5. The van der Waals surface area contributed by atoms with Gasteiger partial charge in [-0.2, -0.15) is 9.41 Å². The van der Waals surface area contributed by atoms with Crippen LogP contribution in [0.5, 0.6) is 0 Å². The molecule has 1 saturated heterocycles. The van der Waals surface area contributed by atoms with Crippen molar-refractivity contribution in [2.24, 2.45) is 12.1 Å². The summed E-state index contributed by atoms with van der Waals surface area (Å²) in [7, 11) is -2.37. The number of nitro benzene ring substituents is 2. The second-order valence-corrected chi connectivity index (χ2v) is 11.7. The first kappa shape index (κ1) is 28.2. The van der Waals surface area contributed by atoms with Crippen molar-refractivity contribution >= 4 is 45.1 Å². The molecule has 0 radical (unpaired) electrons. The fourth-order valence-corrected chi connectivity index (χ4v) is 6.61. The van der Waals surface area contributed by atoms with Gasteiger partial charge in [0.2, 0.25) is 10.0 Å². The molecular formula is C23H25N7O7S2. The van der Waals surface area contributed by atoms with E-state index >= 15 is 0 Å². The third kappa shape index (κ3) is 6.42. The first-order chi connectivity index (χ1) is 18.5. The van der Waals surface area contributed by atoms with Gasteiger partial charge < -0.3 is 9.30 Å². The maximum Gasteiger partial charge on any atom is 0.283 e. The van der Waals surface area contributed by atoms with Crippen LogP contribution in [0.25, 0.3) is 0 Å². The molecule has 16 heteroatoms. The molecule has 39 heavy (non-hydrogen) atoms. The van der Waals surface area contributed by atoms with E-state index in [2.05, 4.69) is 15.5 Å². The Hall–Kier alpha value is -3.86. The molecule has 1 N–H and O–H groups in total. The van der Waals surface area contributed by atoms with Crippen molar-refractivity contribution in [2.45, 2.75) is 41.0 Å². The Labute approximate surface area is 228 Å². The zero-order valence-electron chi connectivity index (χ0n) is 21.1. The summed E-state index contributed by atoms with van der Waals surface area (Å²) in [5.41, 5.74) is 2.47. The first-order valence-corrected chi connectivity index (χ1v) is 13.9. The highest BCUT2D eigenvalue weighted by Gasteiger charge is 2.34. The number of nitrogens with one attached hydrogen (secondary N) is 1. The van der Waals surface area contributed by atoms with Crippen LogP contribution < -0.4 is 5.43 Å². The van der Waals surface area contributed by atoms with Crippen LogP contribution in [-0.2, 0) is 21.8 Å². The number of aromatic nitrogens is 2. The Balaban J connectivity index is 1.61. The molecule has 1 aromatic heterocycles. The summed E-state index contributed by atoms with van der Waals surface area (Å²) in [4.78, 5) is 26.1. The van der Waals surface area contributed by atoms with Gasteiger partial charge in [0.1, 0.15) is 4.90 Å². The second-order valence-electron chi connectivity index (χ2n) is 8.79. The number of hydrazone groups is 1. The van der Waals surface area contributed by atoms with Gasteiger partial charge in [0.15, 0.2) is 5.16 Å². The molecule has 2 aromatic carbocycles. The van der Waals surface area contributed by atoms with E-state index in [1.807, 2.05) is 0 Å². The largest absolute Gasteiger partial charge is 0.373 e. The van der Waals surface area contributed by atoms with Crippen LogP contribution in [0.1, 0.15) is 19.4 Å². The van der Waals surface area contributed by atoms with E-state index in [0.717, 1.165) is 23.9 Å². The van der Waals surface area contributed by atoms with Crippen LogP contribution in [0.3, 0.4) is 0 Å². The quantitative estimate of drug-likeness (QED) is 0.225. The van der Waals surface area contributed by atoms with Crippen molar-refractivity contribution in [1.82, 2.24) is 13.9 Å². The smallest absolute Gasteiger partial charge is 0.283 e. The SMILES string of the molecule is C[C@H]1CN(S(=O)(=O)c2cc([N+](=O)[O-])ccc2N/N=C\c2ccc(Sc3nccn3C)c([N+](=O)[O-])c2)C[C@H](C)O1. The lowest BCUT2D eigenvalue weighted by Gasteiger charge is -2.34. The van der Waals surface area contributed by atoms with Crippen molar-refractivity contribution in [3.05, 3.63) is 74.6 Å². The number of anilines is 1. The fraction of sp³-hybridized carbons (Fsp3) is 0.304. The lowest BCUT2D eigenvalue weighted by Crippen LogP contribution is -2.48. The monoisotopic (exact) mass is 575 g/mol. The van der Waals surface area contributed by atoms with E-state index in [-0.39, 0.29) is 41.6 Å². The zero-order valence-corrected chi connectivity index (χ0v) is 22.8. The lowest BCUT2D eigenvalue weighted by atomic mass is 10.2. The molecule has 2 heterocycles. The van der Waals surface area contributed by atoms with Gasteiger partial charge in [-0.1, -0.05) is 6.07 Å². The topological polar surface area (TPSA) is 175 Å². The van der Waals surface area contributed by atoms with Crippen molar-refractivity contribution in [3.8, 4) is 0 Å². The van der Waals surface area contributed by atoms with Gasteiger partial charge >= 0.3 is 0 Å². The average Bonchev–Trinajstić information content (AvgIpc) is 3.28. The summed E-state index contributed by atoms with van der Waals surface area (Å²) in [5, 5.41) is 27.7. The summed E-state index contributed by atoms with van der Waals surface area (Å²) in [6.07, 6.45) is 3.90. The number of hydrogen-bond acceptors (Lipinski definition) is 11. The van der Waals surface area contributed by atoms with Gasteiger partial charge in [0.25, 0.3) is 11.4 Å². The molecular weight excluding hydrogens is 550 g/mol. The van der Waals surface area contributed by atoms with Crippen LogP contribution >= 0.6 is 11.8 Å². The zero-order chi connectivity index (χ0) is 28.3. The number of non-ortho nitro benzene ring substituents is 1. The molecule has 1 aliphatic heterocycles. The maximum atomic E-state index is 13.5. The Morgan fingerprint density at radius 3 is 2.46 bits per heavy atom. The van der Waals surface area contributed by atoms with Gasteiger partial charge in [-0.3, -0.25) is 25.7 Å². The number of nitro groups is 2. The summed E-state index contributed by atoms with van der Waals surface area (Å²) in [6, 6.07) is 7.92. The summed E-state index contributed by atoms with van der Waals surface area (Å²) in [6.45, 7) is 3.66. The minimum atomic E-state index is -4.15. The standard InChI is InChI=1S/C23H25N7O7S2/c1-15-13-28(14-16(2)37-15)39(35,36)22-11-18(29(31)32)5-6-19(22)26-25-12-17-4-7-21(20(10-17)30(33)34)38-23-24-8-9-27(23)3/h4-12,15-16,26H,13-14H2,1-3H3/b25-12-/t15-,16-/m0/s1. The van der Waals surface area contributed by atoms with E-state index in [9.17, 15) is 28.6 Å². The van der Waals surface area contributed by atoms with Crippen molar-refractivity contribution in [1.29, 1.82) is 0 Å². The lowest BCUT2D eigenvalue weighted by molar-refractivity contribution is -0.387. The number of aryl methyl sites for hydroxylation is 1. The summed E-state index contributed by atoms with van der Waals surface area (Å²) >= 11 is 1.14. The number of morpholine rings is 1. The Kier molecular flexibility index (Phi) is 8.29. The molecule has 0 bridgehead atoms. The normalized spacial score (nSPS) is 18.3. The molecule has 0 spiro atoms. The molecule has 0 amide bonds. The van der Waals surface area contributed by atoms with Gasteiger partial charge in [0, 0.05) is 56.3 Å². The minimum absolute atomic E-state index is 0.0140. The Morgan fingerprint density at radius 2 is 1.85 bits per heavy atom. The van der Waals surface area contributed by atoms with Crippen LogP contribution in [0.4, 0.5) is 17.1 Å². The predicted octanol–water partition coefficient (Wildman–Crippen LogP) is 3.63. The third-order valence-corrected chi connectivity index (χ3v) is 8.75. The predicted molar refractivity (Wildman–Crippen MR) is 144 cm³/mol. The maximum absolute atomic E-state index is 13.5. The van der Waals surface area contributed by atoms with Crippen molar-refractivity contribution in [3.63, 3.8) is 0 Å². The van der Waals surface area contributed by atoms with E-state index in [0.29, 0.717) is 15.6 Å². The van der Waals surface area contributed by atoms with E-state index in [4.69, 9.17) is 4.74 Å². The van der Waals surface area contributed by atoms with Crippen LogP contribution in [-0.4, -0.2) is 63.6 Å². The van der Waals surface area contributed by atoms with Crippen LogP contribution in [0.2, 0.25) is 0 Å². The van der Waals surface area contributed by atoms with Gasteiger partial charge in [-0.05, 0) is 37.7 Å². The van der Waals surface area contributed by atoms with Gasteiger partial charge in [-0.25, -0.2) is 13.4 Å². The highest BCUT2D eigenvalue weighted by atomic mass is 32.2. The van der Waals surface area contributed by atoms with Gasteiger partial charge in [0.05, 0.1) is 38.9 Å². The molecule has 0 unspecified atom stereocenters. The molecule has 14 nitrogen and oxygen atoms in total. The van der Waals surface area contributed by atoms with Crippen molar-refractivity contribution in [2.75, 3.05) is 18.5 Å². The molecule has 4 rings (SSSR count). The highest BCUT2D eigenvalue weighted by molar-refractivity contribution is 7.99. The number of benzene rings is 2. The minimum Gasteiger partial charge on any atom is -0.373 e. The number of imidazole rings is 1. The molecule has 0 saturated carbocycles. The summed E-state index contributed by atoms with van der Waals surface area (Å²) in [5.74, 6) is 0. The molecule has 2 atom stereocenters. The number of ether oxygens (including phenoxy) is 1.